The van der Waals surface area contributed by atoms with E-state index in [1.54, 1.807) is 31.4 Å². The van der Waals surface area contributed by atoms with Crippen LogP contribution >= 0.6 is 0 Å². The van der Waals surface area contributed by atoms with Gasteiger partial charge in [0.25, 0.3) is 0 Å². The molecule has 0 atom stereocenters. The van der Waals surface area contributed by atoms with Crippen molar-refractivity contribution in [3.63, 3.8) is 0 Å². The van der Waals surface area contributed by atoms with Crippen molar-refractivity contribution in [2.45, 2.75) is 19.0 Å². The largest absolute Gasteiger partial charge is 0.448 e. The molecular weight excluding hydrogens is 509 g/mol. The van der Waals surface area contributed by atoms with Gasteiger partial charge >= 0.3 is 6.09 Å². The highest BCUT2D eigenvalue weighted by Crippen LogP contribution is 2.44. The van der Waals surface area contributed by atoms with Crippen molar-refractivity contribution in [2.24, 2.45) is 5.73 Å². The second-order valence-electron chi connectivity index (χ2n) is 9.60. The molecule has 5 aromatic rings. The van der Waals surface area contributed by atoms with Crippen LogP contribution in [-0.4, -0.2) is 39.8 Å². The highest BCUT2D eigenvalue weighted by atomic mass is 19.1. The summed E-state index contributed by atoms with van der Waals surface area (Å²) in [5.41, 5.74) is 13.2. The molecular formula is C31H26FN5O3. The summed E-state index contributed by atoms with van der Waals surface area (Å²) >= 11 is 0. The number of carbonyl (C=O) groups excluding carboxylic acids is 1. The van der Waals surface area contributed by atoms with Gasteiger partial charge in [0.15, 0.2) is 0 Å². The average molecular weight is 536 g/mol. The number of ether oxygens (including phenoxy) is 1. The lowest BCUT2D eigenvalue weighted by molar-refractivity contribution is 0.103. The Morgan fingerprint density at radius 1 is 0.975 bits per heavy atom. The Morgan fingerprint density at radius 2 is 1.65 bits per heavy atom. The Hall–Kier alpha value is -4.89. The maximum absolute atomic E-state index is 13.4. The number of hydrogen-bond donors (Lipinski definition) is 1. The van der Waals surface area contributed by atoms with Gasteiger partial charge in [-0.25, -0.2) is 9.18 Å². The third kappa shape index (κ3) is 4.83. The molecule has 2 aromatic heterocycles. The number of fused-ring (bicyclic) bond motifs is 3. The van der Waals surface area contributed by atoms with E-state index in [1.807, 2.05) is 24.3 Å². The first-order valence-electron chi connectivity index (χ1n) is 12.9. The van der Waals surface area contributed by atoms with Crippen molar-refractivity contribution in [3.05, 3.63) is 113 Å². The first-order valence-corrected chi connectivity index (χ1v) is 12.9. The van der Waals surface area contributed by atoms with E-state index in [-0.39, 0.29) is 43.2 Å². The van der Waals surface area contributed by atoms with Gasteiger partial charge in [-0.05, 0) is 58.1 Å². The number of carbonyl (C=O) groups is 1. The number of amides is 1. The molecule has 0 aliphatic heterocycles. The Balaban J connectivity index is 1.15. The van der Waals surface area contributed by atoms with E-state index in [9.17, 15) is 9.18 Å². The molecule has 0 fully saturated rings. The molecule has 0 saturated heterocycles. The van der Waals surface area contributed by atoms with Gasteiger partial charge < -0.3 is 19.8 Å². The Bertz CT molecular complexity index is 1640. The fraction of sp³-hybridized carbons (Fsp3) is 0.161. The zero-order chi connectivity index (χ0) is 27.6. The van der Waals surface area contributed by atoms with Crippen LogP contribution in [0.3, 0.4) is 0 Å². The lowest BCUT2D eigenvalue weighted by Crippen LogP contribution is -2.28. The van der Waals surface area contributed by atoms with Crippen LogP contribution in [0, 0.1) is 5.82 Å². The second-order valence-corrected chi connectivity index (χ2v) is 9.60. The molecule has 3 aromatic carbocycles. The van der Waals surface area contributed by atoms with Gasteiger partial charge in [-0.2, -0.15) is 0 Å². The molecule has 0 radical (unpaired) electrons. The number of hydrogen-bond acceptors (Lipinski definition) is 7. The number of aromatic nitrogens is 3. The third-order valence-electron chi connectivity index (χ3n) is 7.06. The molecule has 0 bridgehead atoms. The van der Waals surface area contributed by atoms with Gasteiger partial charge in [0.1, 0.15) is 19.0 Å². The number of pyridine rings is 1. The standard InChI is InChI=1S/C31H26FN5O3/c1-37(31(38)39-18-27-24-8-4-2-6-22(24)23-7-3-5-9-25(23)27)17-29-35-36-30(40-29)26-14-28(34-16-20(26)15-33)19-10-12-21(32)13-11-19/h2-14,16,27H,15,17-18,33H2,1H3. The highest BCUT2D eigenvalue weighted by molar-refractivity contribution is 5.79. The van der Waals surface area contributed by atoms with Gasteiger partial charge in [-0.15, -0.1) is 10.2 Å². The maximum Gasteiger partial charge on any atom is 0.409 e. The summed E-state index contributed by atoms with van der Waals surface area (Å²) in [7, 11) is 1.62. The van der Waals surface area contributed by atoms with Crippen molar-refractivity contribution in [2.75, 3.05) is 13.7 Å². The van der Waals surface area contributed by atoms with Crippen molar-refractivity contribution >= 4 is 6.09 Å². The molecule has 0 spiro atoms. The lowest BCUT2D eigenvalue weighted by atomic mass is 9.98. The molecule has 6 rings (SSSR count). The topological polar surface area (TPSA) is 107 Å². The molecule has 0 saturated carbocycles. The number of halogens is 1. The van der Waals surface area contributed by atoms with Crippen LogP contribution in [0.2, 0.25) is 0 Å². The summed E-state index contributed by atoms with van der Waals surface area (Å²) in [6, 6.07) is 24.2. The molecule has 2 heterocycles. The van der Waals surface area contributed by atoms with Gasteiger partial charge in [-0.3, -0.25) is 4.98 Å². The molecule has 1 amide bonds. The van der Waals surface area contributed by atoms with E-state index in [2.05, 4.69) is 39.4 Å². The van der Waals surface area contributed by atoms with E-state index in [0.29, 0.717) is 16.8 Å². The van der Waals surface area contributed by atoms with Crippen LogP contribution in [0.1, 0.15) is 28.5 Å². The normalized spacial score (nSPS) is 12.2. The zero-order valence-corrected chi connectivity index (χ0v) is 21.8. The second kappa shape index (κ2) is 10.7. The minimum Gasteiger partial charge on any atom is -0.448 e. The number of benzene rings is 3. The van der Waals surface area contributed by atoms with Crippen molar-refractivity contribution in [3.8, 4) is 33.8 Å². The van der Waals surface area contributed by atoms with Crippen LogP contribution < -0.4 is 5.73 Å². The lowest BCUT2D eigenvalue weighted by Gasteiger charge is -2.18. The molecule has 9 heteroatoms. The van der Waals surface area contributed by atoms with Gasteiger partial charge in [0, 0.05) is 36.8 Å². The van der Waals surface area contributed by atoms with Crippen LogP contribution in [0.5, 0.6) is 0 Å². The SMILES string of the molecule is CN(Cc1nnc(-c2cc(-c3ccc(F)cc3)ncc2CN)o1)C(=O)OCC1c2ccccc2-c2ccccc21. The van der Waals surface area contributed by atoms with Crippen LogP contribution in [0.4, 0.5) is 9.18 Å². The summed E-state index contributed by atoms with van der Waals surface area (Å²) in [6.07, 6.45) is 1.15. The minimum atomic E-state index is -0.494. The first-order chi connectivity index (χ1) is 19.5. The molecule has 0 unspecified atom stereocenters. The zero-order valence-electron chi connectivity index (χ0n) is 21.8. The summed E-state index contributed by atoms with van der Waals surface area (Å²) < 4.78 is 25.0. The Morgan fingerprint density at radius 3 is 2.33 bits per heavy atom. The van der Waals surface area contributed by atoms with E-state index >= 15 is 0 Å². The first kappa shape index (κ1) is 25.4. The van der Waals surface area contributed by atoms with Crippen molar-refractivity contribution < 1.29 is 18.3 Å². The summed E-state index contributed by atoms with van der Waals surface area (Å²) in [5.74, 6) is 0.136. The molecule has 2 N–H and O–H groups in total. The Labute approximate surface area is 230 Å². The van der Waals surface area contributed by atoms with Gasteiger partial charge in [0.2, 0.25) is 11.8 Å². The molecule has 8 nitrogen and oxygen atoms in total. The predicted octanol–water partition coefficient (Wildman–Crippen LogP) is 5.78. The van der Waals surface area contributed by atoms with E-state index in [1.165, 1.54) is 28.2 Å². The number of rotatable bonds is 7. The average Bonchev–Trinajstić information content (AvgIpc) is 3.58. The molecule has 1 aliphatic rings. The summed E-state index contributed by atoms with van der Waals surface area (Å²) in [6.45, 7) is 0.496. The van der Waals surface area contributed by atoms with Gasteiger partial charge in [-0.1, -0.05) is 48.5 Å². The third-order valence-corrected chi connectivity index (χ3v) is 7.06. The fourth-order valence-electron chi connectivity index (χ4n) is 5.02. The molecule has 1 aliphatic carbocycles. The quantitative estimate of drug-likeness (QED) is 0.282. The predicted molar refractivity (Wildman–Crippen MR) is 147 cm³/mol. The van der Waals surface area contributed by atoms with Gasteiger partial charge in [0.05, 0.1) is 5.69 Å². The maximum atomic E-state index is 13.4. The van der Waals surface area contributed by atoms with Crippen molar-refractivity contribution in [1.29, 1.82) is 0 Å². The molecule has 40 heavy (non-hydrogen) atoms. The Kier molecular flexibility index (Phi) is 6.79. The van der Waals surface area contributed by atoms with Crippen molar-refractivity contribution in [1.82, 2.24) is 20.1 Å². The smallest absolute Gasteiger partial charge is 0.409 e. The van der Waals surface area contributed by atoms with E-state index in [0.717, 1.165) is 16.7 Å². The summed E-state index contributed by atoms with van der Waals surface area (Å²) in [5, 5.41) is 8.30. The van der Waals surface area contributed by atoms with Crippen LogP contribution in [-0.2, 0) is 17.8 Å². The summed E-state index contributed by atoms with van der Waals surface area (Å²) in [4.78, 5) is 18.7. The van der Waals surface area contributed by atoms with E-state index < -0.39 is 6.09 Å². The minimum absolute atomic E-state index is 0.0311. The fourth-order valence-corrected chi connectivity index (χ4v) is 5.02. The molecule has 200 valence electrons. The number of nitrogens with zero attached hydrogens (tertiary/aromatic N) is 4. The monoisotopic (exact) mass is 535 g/mol. The van der Waals surface area contributed by atoms with E-state index in [4.69, 9.17) is 14.9 Å². The van der Waals surface area contributed by atoms with Crippen LogP contribution in [0.25, 0.3) is 33.8 Å². The highest BCUT2D eigenvalue weighted by Gasteiger charge is 2.29. The van der Waals surface area contributed by atoms with Crippen LogP contribution in [0.15, 0.2) is 89.5 Å². The number of nitrogens with two attached hydrogens (primary N) is 1.